The van der Waals surface area contributed by atoms with E-state index in [0.29, 0.717) is 11.3 Å². The molecule has 0 spiro atoms. The van der Waals surface area contributed by atoms with Gasteiger partial charge in [-0.1, -0.05) is 0 Å². The number of aromatic amines is 1. The maximum atomic E-state index is 16.0. The summed E-state index contributed by atoms with van der Waals surface area (Å²) in [5.41, 5.74) is 5.79. The molecular formula is C26H27FN8O6. The fraction of sp³-hybridized carbons (Fsp3) is 0.231. The number of H-pyrrole nitrogens is 1. The molecule has 214 valence electrons. The molecule has 0 bridgehead atoms. The Morgan fingerprint density at radius 1 is 1.17 bits per heavy atom. The fourth-order valence-electron chi connectivity index (χ4n) is 3.75. The summed E-state index contributed by atoms with van der Waals surface area (Å²) >= 11 is 0. The van der Waals surface area contributed by atoms with Crippen molar-refractivity contribution in [1.29, 1.82) is 5.41 Å². The molecule has 2 aromatic heterocycles. The Hall–Kier alpha value is -5.31. The maximum absolute atomic E-state index is 16.0. The molecule has 14 nitrogen and oxygen atoms in total. The first-order valence-electron chi connectivity index (χ1n) is 12.1. The van der Waals surface area contributed by atoms with Crippen molar-refractivity contribution in [2.45, 2.75) is 13.0 Å². The summed E-state index contributed by atoms with van der Waals surface area (Å²) in [7, 11) is 2.91. The van der Waals surface area contributed by atoms with Crippen LogP contribution in [0.4, 0.5) is 10.1 Å². The normalized spacial score (nSPS) is 11.5. The van der Waals surface area contributed by atoms with Crippen molar-refractivity contribution in [3.05, 3.63) is 82.0 Å². The van der Waals surface area contributed by atoms with Crippen LogP contribution in [-0.2, 0) is 9.53 Å². The summed E-state index contributed by atoms with van der Waals surface area (Å²) in [6, 6.07) is 8.19. The van der Waals surface area contributed by atoms with E-state index >= 15 is 4.39 Å². The smallest absolute Gasteiger partial charge is 0.349 e. The summed E-state index contributed by atoms with van der Waals surface area (Å²) < 4.78 is 37.8. The number of nitrogen functional groups attached to an aromatic ring is 1. The highest BCUT2D eigenvalue weighted by atomic mass is 19.1. The molecule has 4 aromatic rings. The predicted molar refractivity (Wildman–Crippen MR) is 144 cm³/mol. The Balaban J connectivity index is 1.85. The average Bonchev–Trinajstić information content (AvgIpc) is 3.34. The number of carbonyl (C=O) groups excluding carboxylic acids is 1. The zero-order valence-corrected chi connectivity index (χ0v) is 22.3. The van der Waals surface area contributed by atoms with Gasteiger partial charge < -0.3 is 30.0 Å². The molecular weight excluding hydrogens is 539 g/mol. The molecule has 0 aliphatic rings. The molecule has 0 saturated heterocycles. The first-order chi connectivity index (χ1) is 19.7. The van der Waals surface area contributed by atoms with E-state index in [4.69, 9.17) is 30.1 Å². The number of rotatable bonds is 12. The van der Waals surface area contributed by atoms with Crippen molar-refractivity contribution in [3.63, 3.8) is 0 Å². The number of nitrogens with zero attached hydrogens (tertiary/aromatic N) is 4. The lowest BCUT2D eigenvalue weighted by atomic mass is 10.0. The van der Waals surface area contributed by atoms with Crippen molar-refractivity contribution in [1.82, 2.24) is 24.7 Å². The maximum Gasteiger partial charge on any atom is 0.349 e. The molecule has 2 heterocycles. The molecule has 4 rings (SSSR count). The first kappa shape index (κ1) is 28.7. The molecule has 0 saturated carbocycles. The predicted octanol–water partition coefficient (Wildman–Crippen LogP) is 1.93. The number of hydrogen-bond donors (Lipinski definition) is 4. The molecule has 1 atom stereocenters. The zero-order chi connectivity index (χ0) is 29.5. The van der Waals surface area contributed by atoms with Gasteiger partial charge in [0.15, 0.2) is 17.4 Å². The summed E-state index contributed by atoms with van der Waals surface area (Å²) in [4.78, 5) is 35.3. The van der Waals surface area contributed by atoms with E-state index in [1.54, 1.807) is 24.3 Å². The Kier molecular flexibility index (Phi) is 8.88. The number of halogens is 1. The van der Waals surface area contributed by atoms with Gasteiger partial charge in [0.1, 0.15) is 24.2 Å². The van der Waals surface area contributed by atoms with Crippen molar-refractivity contribution in [2.75, 3.05) is 32.8 Å². The molecule has 0 fully saturated rings. The Morgan fingerprint density at radius 3 is 2.56 bits per heavy atom. The van der Waals surface area contributed by atoms with Crippen LogP contribution in [0.2, 0.25) is 0 Å². The molecule has 2 aromatic carbocycles. The van der Waals surface area contributed by atoms with Crippen molar-refractivity contribution in [2.24, 2.45) is 5.73 Å². The van der Waals surface area contributed by atoms with Crippen LogP contribution in [-0.4, -0.2) is 64.0 Å². The Labute approximate surface area is 232 Å². The standard InChI is InChI=1S/C26H27FN8O6/c1-14(36)41-25-24(30-8-9-31-25)35-26(37)33-23(34-35)21(32-16-6-4-15(5-7-16)22(28)29)18-12-17(39-3)13-19(20(18)27)40-11-10-38-2/h4-9,12-13,21,32H,10-11H2,1-3H3,(H3,28,29)(H,33,34,37). The molecule has 5 N–H and O–H groups in total. The number of hydrogen-bond acceptors (Lipinski definition) is 11. The minimum absolute atomic E-state index is 0.0210. The van der Waals surface area contributed by atoms with E-state index in [-0.39, 0.29) is 53.6 Å². The molecule has 0 radical (unpaired) electrons. The summed E-state index contributed by atoms with van der Waals surface area (Å²) in [5, 5.41) is 15.1. The van der Waals surface area contributed by atoms with Gasteiger partial charge in [0.2, 0.25) is 5.82 Å². The van der Waals surface area contributed by atoms with Crippen molar-refractivity contribution in [3.8, 4) is 23.2 Å². The monoisotopic (exact) mass is 566 g/mol. The van der Waals surface area contributed by atoms with Gasteiger partial charge in [-0.25, -0.2) is 19.2 Å². The third-order valence-corrected chi connectivity index (χ3v) is 5.64. The van der Waals surface area contributed by atoms with Crippen LogP contribution >= 0.6 is 0 Å². The number of aromatic nitrogens is 5. The second-order valence-corrected chi connectivity index (χ2v) is 8.44. The number of benzene rings is 2. The van der Waals surface area contributed by atoms with Crippen LogP contribution < -0.4 is 31.0 Å². The fourth-order valence-corrected chi connectivity index (χ4v) is 3.75. The second kappa shape index (κ2) is 12.7. The van der Waals surface area contributed by atoms with Gasteiger partial charge in [-0.2, -0.15) is 4.68 Å². The van der Waals surface area contributed by atoms with Gasteiger partial charge in [-0.15, -0.1) is 5.10 Å². The van der Waals surface area contributed by atoms with Crippen molar-refractivity contribution >= 4 is 17.5 Å². The van der Waals surface area contributed by atoms with E-state index in [2.05, 4.69) is 25.4 Å². The third kappa shape index (κ3) is 6.65. The number of nitrogens with one attached hydrogen (secondary N) is 3. The van der Waals surface area contributed by atoms with E-state index in [0.717, 1.165) is 4.68 Å². The lowest BCUT2D eigenvalue weighted by Gasteiger charge is -2.21. The highest BCUT2D eigenvalue weighted by Crippen LogP contribution is 2.35. The lowest BCUT2D eigenvalue weighted by molar-refractivity contribution is -0.132. The molecule has 1 unspecified atom stereocenters. The van der Waals surface area contributed by atoms with Crippen LogP contribution in [0.3, 0.4) is 0 Å². The van der Waals surface area contributed by atoms with Gasteiger partial charge in [0, 0.05) is 49.3 Å². The molecule has 15 heteroatoms. The highest BCUT2D eigenvalue weighted by molar-refractivity contribution is 5.95. The van der Waals surface area contributed by atoms with E-state index in [1.807, 2.05) is 0 Å². The second-order valence-electron chi connectivity index (χ2n) is 8.44. The first-order valence-corrected chi connectivity index (χ1v) is 12.1. The number of nitrogens with two attached hydrogens (primary N) is 1. The number of esters is 1. The van der Waals surface area contributed by atoms with Gasteiger partial charge in [0.25, 0.3) is 5.88 Å². The van der Waals surface area contributed by atoms with Crippen LogP contribution in [0.15, 0.2) is 53.6 Å². The Bertz CT molecular complexity index is 1600. The van der Waals surface area contributed by atoms with E-state index in [9.17, 15) is 9.59 Å². The summed E-state index contributed by atoms with van der Waals surface area (Å²) in [6.07, 6.45) is 2.58. The van der Waals surface area contributed by atoms with Gasteiger partial charge in [-0.05, 0) is 30.3 Å². The van der Waals surface area contributed by atoms with Gasteiger partial charge in [0.05, 0.1) is 13.7 Å². The van der Waals surface area contributed by atoms with Crippen LogP contribution in [0, 0.1) is 11.2 Å². The SMILES string of the molecule is COCCOc1cc(OC)cc(C(Nc2ccc(C(=N)N)cc2)c2nn(-c3nccnc3OC(C)=O)c(=O)[nH]2)c1F. The minimum Gasteiger partial charge on any atom is -0.497 e. The van der Waals surface area contributed by atoms with Crippen LogP contribution in [0.1, 0.15) is 29.9 Å². The number of ether oxygens (including phenoxy) is 4. The molecule has 0 amide bonds. The zero-order valence-electron chi connectivity index (χ0n) is 22.3. The summed E-state index contributed by atoms with van der Waals surface area (Å²) in [6.45, 7) is 1.46. The molecule has 41 heavy (non-hydrogen) atoms. The third-order valence-electron chi connectivity index (χ3n) is 5.64. The number of carbonyl (C=O) groups is 1. The van der Waals surface area contributed by atoms with Gasteiger partial charge >= 0.3 is 11.7 Å². The number of amidine groups is 1. The largest absolute Gasteiger partial charge is 0.497 e. The summed E-state index contributed by atoms with van der Waals surface area (Å²) in [5.74, 6) is -1.80. The lowest BCUT2D eigenvalue weighted by Crippen LogP contribution is -2.19. The van der Waals surface area contributed by atoms with E-state index in [1.165, 1.54) is 45.7 Å². The van der Waals surface area contributed by atoms with E-state index < -0.39 is 23.5 Å². The molecule has 0 aliphatic heterocycles. The highest BCUT2D eigenvalue weighted by Gasteiger charge is 2.27. The number of anilines is 1. The van der Waals surface area contributed by atoms with Crippen LogP contribution in [0.5, 0.6) is 17.4 Å². The van der Waals surface area contributed by atoms with Crippen molar-refractivity contribution < 1.29 is 28.1 Å². The molecule has 0 aliphatic carbocycles. The minimum atomic E-state index is -1.11. The Morgan fingerprint density at radius 2 is 1.90 bits per heavy atom. The topological polar surface area (TPSA) is 192 Å². The number of methoxy groups -OCH3 is 2. The quantitative estimate of drug-likeness (QED) is 0.0847. The van der Waals surface area contributed by atoms with Crippen LogP contribution in [0.25, 0.3) is 5.82 Å². The van der Waals surface area contributed by atoms with Gasteiger partial charge in [-0.3, -0.25) is 15.2 Å². The average molecular weight is 567 g/mol.